The summed E-state index contributed by atoms with van der Waals surface area (Å²) in [6, 6.07) is 51.0. The van der Waals surface area contributed by atoms with Crippen molar-refractivity contribution in [3.05, 3.63) is 163 Å². The van der Waals surface area contributed by atoms with Gasteiger partial charge in [-0.05, 0) is 65.6 Å². The van der Waals surface area contributed by atoms with E-state index in [1.54, 1.807) is 0 Å². The highest BCUT2D eigenvalue weighted by atomic mass is 28.4. The summed E-state index contributed by atoms with van der Waals surface area (Å²) >= 11 is 0. The molecule has 6 aromatic rings. The Morgan fingerprint density at radius 2 is 1.25 bits per heavy atom. The molecule has 5 aromatic carbocycles. The van der Waals surface area contributed by atoms with Crippen LogP contribution in [0.25, 0.3) is 28.2 Å². The molecule has 1 aliphatic rings. The fraction of sp³-hybridized carbons (Fsp3) is 0.239. The van der Waals surface area contributed by atoms with E-state index in [1.165, 1.54) is 15.9 Å². The third kappa shape index (κ3) is 7.16. The quantitative estimate of drug-likeness (QED) is 0.125. The Hall–Kier alpha value is -4.76. The predicted molar refractivity (Wildman–Crippen MR) is 220 cm³/mol. The maximum Gasteiger partial charge on any atom is 0.319 e. The van der Waals surface area contributed by atoms with Crippen molar-refractivity contribution in [2.45, 2.75) is 70.3 Å². The Balaban J connectivity index is 1.30. The monoisotopic (exact) mass is 719 g/mol. The summed E-state index contributed by atoms with van der Waals surface area (Å²) in [5.74, 6) is 2.29. The molecule has 7 rings (SSSR count). The summed E-state index contributed by atoms with van der Waals surface area (Å²) in [5, 5.41) is 2.37. The van der Waals surface area contributed by atoms with Gasteiger partial charge in [-0.25, -0.2) is 4.98 Å². The molecule has 0 spiro atoms. The first-order valence-electron chi connectivity index (χ1n) is 18.4. The molecule has 0 saturated heterocycles. The molecule has 0 radical (unpaired) electrons. The van der Waals surface area contributed by atoms with Gasteiger partial charge < -0.3 is 13.3 Å². The maximum absolute atomic E-state index is 7.47. The van der Waals surface area contributed by atoms with E-state index < -0.39 is 22.2 Å². The van der Waals surface area contributed by atoms with Crippen LogP contribution < -0.4 is 14.8 Å². The first kappa shape index (κ1) is 35.6. The Labute approximate surface area is 311 Å². The Morgan fingerprint density at radius 1 is 0.692 bits per heavy atom. The van der Waals surface area contributed by atoms with Gasteiger partial charge in [0.25, 0.3) is 0 Å². The van der Waals surface area contributed by atoms with Crippen molar-refractivity contribution < 1.29 is 13.3 Å². The van der Waals surface area contributed by atoms with Crippen LogP contribution in [0.3, 0.4) is 0 Å². The van der Waals surface area contributed by atoms with Gasteiger partial charge >= 0.3 is 8.32 Å². The van der Waals surface area contributed by atoms with Gasteiger partial charge in [0.1, 0.15) is 11.4 Å². The Kier molecular flexibility index (Phi) is 9.83. The summed E-state index contributed by atoms with van der Waals surface area (Å²) in [7, 11) is -4.87. The van der Waals surface area contributed by atoms with E-state index in [9.17, 15) is 0 Å². The van der Waals surface area contributed by atoms with Crippen molar-refractivity contribution in [3.63, 3.8) is 0 Å². The first-order chi connectivity index (χ1) is 25.0. The number of nitrogens with zero attached hydrogens (tertiary/aromatic N) is 1. The highest BCUT2D eigenvalue weighted by Gasteiger charge is 2.52. The minimum Gasteiger partial charge on any atom is -0.534 e. The largest absolute Gasteiger partial charge is 0.534 e. The number of hydrogen-bond donors (Lipinski definition) is 0. The van der Waals surface area contributed by atoms with E-state index >= 15 is 0 Å². The molecule has 0 amide bonds. The van der Waals surface area contributed by atoms with Crippen LogP contribution in [-0.2, 0) is 10.8 Å². The molecular formula is C46H49NO3Si2. The van der Waals surface area contributed by atoms with Gasteiger partial charge in [-0.1, -0.05) is 160 Å². The normalized spacial score (nSPS) is 16.5. The number of allylic oxidation sites excluding steroid dienone is 1. The van der Waals surface area contributed by atoms with Gasteiger partial charge in [-0.15, -0.1) is 0 Å². The van der Waals surface area contributed by atoms with E-state index in [1.807, 2.05) is 36.4 Å². The minimum absolute atomic E-state index is 0.146. The molecule has 0 bridgehead atoms. The molecule has 264 valence electrons. The molecule has 0 N–H and O–H groups in total. The fourth-order valence-corrected chi connectivity index (χ4v) is 13.7. The third-order valence-corrected chi connectivity index (χ3v) is 15.9. The molecule has 1 atom stereocenters. The van der Waals surface area contributed by atoms with E-state index in [0.29, 0.717) is 12.3 Å². The average molecular weight is 720 g/mol. The van der Waals surface area contributed by atoms with Crippen molar-refractivity contribution >= 4 is 32.6 Å². The standard InChI is InChI=1S/C46H49NO3Si2/c1-45(2,3)52(39-27-15-9-16-28-39,40-29-17-10-18-30-40)49-38-26-19-21-35(33-38)34-46(50-51(4,5)6)32-20-31-41(46)44-47-42(36-22-11-7-12-23-36)43(48-44)37-24-13-8-14-25-37/h7-19,21-31,33H,20,32,34H2,1-6H3/t46-/m0/s1. The lowest BCUT2D eigenvalue weighted by molar-refractivity contribution is 0.119. The number of oxazole rings is 1. The lowest BCUT2D eigenvalue weighted by atomic mass is 9.88. The van der Waals surface area contributed by atoms with Crippen molar-refractivity contribution in [1.29, 1.82) is 0 Å². The highest BCUT2D eigenvalue weighted by Crippen LogP contribution is 2.47. The van der Waals surface area contributed by atoms with Gasteiger partial charge in [-0.2, -0.15) is 0 Å². The molecule has 1 aromatic heterocycles. The molecular weight excluding hydrogens is 671 g/mol. The van der Waals surface area contributed by atoms with Crippen LogP contribution in [0.4, 0.5) is 0 Å². The van der Waals surface area contributed by atoms with Crippen molar-refractivity contribution in [2.75, 3.05) is 0 Å². The summed E-state index contributed by atoms with van der Waals surface area (Å²) in [4.78, 5) is 5.25. The predicted octanol–water partition coefficient (Wildman–Crippen LogP) is 11.0. The van der Waals surface area contributed by atoms with Gasteiger partial charge in [0.15, 0.2) is 14.1 Å². The van der Waals surface area contributed by atoms with Crippen LogP contribution in [0.2, 0.25) is 24.7 Å². The summed E-state index contributed by atoms with van der Waals surface area (Å²) in [6.45, 7) is 13.8. The van der Waals surface area contributed by atoms with Crippen LogP contribution in [0.5, 0.6) is 5.75 Å². The second kappa shape index (κ2) is 14.3. The summed E-state index contributed by atoms with van der Waals surface area (Å²) < 4.78 is 21.6. The Morgan fingerprint density at radius 3 is 1.81 bits per heavy atom. The van der Waals surface area contributed by atoms with Crippen molar-refractivity contribution in [3.8, 4) is 28.3 Å². The second-order valence-electron chi connectivity index (χ2n) is 15.9. The molecule has 0 saturated carbocycles. The number of aromatic nitrogens is 1. The zero-order chi connectivity index (χ0) is 36.4. The zero-order valence-corrected chi connectivity index (χ0v) is 33.2. The molecule has 52 heavy (non-hydrogen) atoms. The van der Waals surface area contributed by atoms with Crippen LogP contribution >= 0.6 is 0 Å². The molecule has 6 heteroatoms. The number of rotatable bonds is 11. The SMILES string of the molecule is CC(C)(C)[Si](Oc1cccc(C[C@@]2(O[Si](C)(C)C)CCC=C2c2nc(-c3ccccc3)c(-c3ccccc3)o2)c1)(c1ccccc1)c1ccccc1. The molecule has 1 heterocycles. The minimum atomic E-state index is -2.81. The van der Waals surface area contributed by atoms with Gasteiger partial charge in [-0.3, -0.25) is 0 Å². The lowest BCUT2D eigenvalue weighted by Gasteiger charge is -2.43. The third-order valence-electron chi connectivity index (χ3n) is 9.91. The Bertz CT molecular complexity index is 2040. The van der Waals surface area contributed by atoms with Crippen LogP contribution in [0.15, 0.2) is 156 Å². The molecule has 4 nitrogen and oxygen atoms in total. The topological polar surface area (TPSA) is 44.5 Å². The highest BCUT2D eigenvalue weighted by molar-refractivity contribution is 7.00. The van der Waals surface area contributed by atoms with Crippen molar-refractivity contribution in [1.82, 2.24) is 4.98 Å². The average Bonchev–Trinajstić information content (AvgIpc) is 3.75. The number of hydrogen-bond acceptors (Lipinski definition) is 4. The molecule has 1 aliphatic carbocycles. The van der Waals surface area contributed by atoms with E-state index in [2.05, 4.69) is 156 Å². The van der Waals surface area contributed by atoms with Crippen LogP contribution in [-0.4, -0.2) is 27.2 Å². The van der Waals surface area contributed by atoms with Crippen LogP contribution in [0, 0.1) is 0 Å². The van der Waals surface area contributed by atoms with E-state index in [-0.39, 0.29) is 5.04 Å². The summed E-state index contributed by atoms with van der Waals surface area (Å²) in [6.07, 6.45) is 4.72. The number of benzene rings is 5. The van der Waals surface area contributed by atoms with E-state index in [0.717, 1.165) is 46.7 Å². The van der Waals surface area contributed by atoms with Crippen molar-refractivity contribution in [2.24, 2.45) is 0 Å². The van der Waals surface area contributed by atoms with Crippen LogP contribution in [0.1, 0.15) is 45.1 Å². The maximum atomic E-state index is 7.47. The first-order valence-corrected chi connectivity index (χ1v) is 23.7. The van der Waals surface area contributed by atoms with Gasteiger partial charge in [0.05, 0.1) is 5.60 Å². The second-order valence-corrected chi connectivity index (χ2v) is 24.5. The fourth-order valence-electron chi connectivity index (χ4n) is 7.85. The zero-order valence-electron chi connectivity index (χ0n) is 31.2. The lowest BCUT2D eigenvalue weighted by Crippen LogP contribution is -2.68. The van der Waals surface area contributed by atoms with E-state index in [4.69, 9.17) is 18.3 Å². The molecule has 0 unspecified atom stereocenters. The van der Waals surface area contributed by atoms with Gasteiger partial charge in [0.2, 0.25) is 5.89 Å². The summed E-state index contributed by atoms with van der Waals surface area (Å²) in [5.41, 5.74) is 4.49. The smallest absolute Gasteiger partial charge is 0.319 e. The molecule has 0 fully saturated rings. The van der Waals surface area contributed by atoms with Gasteiger partial charge in [0, 0.05) is 23.1 Å². The molecule has 0 aliphatic heterocycles.